The van der Waals surface area contributed by atoms with Crippen molar-refractivity contribution in [3.8, 4) is 11.5 Å². The van der Waals surface area contributed by atoms with Crippen molar-refractivity contribution in [1.82, 2.24) is 0 Å². The van der Waals surface area contributed by atoms with E-state index in [1.54, 1.807) is 6.07 Å². The predicted molar refractivity (Wildman–Crippen MR) is 90.8 cm³/mol. The molecule has 0 amide bonds. The number of benzene rings is 2. The summed E-state index contributed by atoms with van der Waals surface area (Å²) in [5, 5.41) is 10.6. The SMILES string of the molecule is Cc1cc(Br)cc(Br)c1OC(=O)COc1ccc([N+](=O)[O-])cc1. The summed E-state index contributed by atoms with van der Waals surface area (Å²) in [6.07, 6.45) is 0. The predicted octanol–water partition coefficient (Wildman–Crippen LogP) is 4.41. The Morgan fingerprint density at radius 3 is 2.43 bits per heavy atom. The molecule has 0 saturated carbocycles. The number of nitro groups is 1. The fraction of sp³-hybridized carbons (Fsp3) is 0.133. The molecule has 120 valence electrons. The average Bonchev–Trinajstić information content (AvgIpc) is 2.49. The molecule has 6 nitrogen and oxygen atoms in total. The third-order valence-electron chi connectivity index (χ3n) is 2.81. The van der Waals surface area contributed by atoms with Gasteiger partial charge in [0.1, 0.15) is 11.5 Å². The van der Waals surface area contributed by atoms with E-state index in [1.807, 2.05) is 13.0 Å². The zero-order valence-corrected chi connectivity index (χ0v) is 15.1. The Balaban J connectivity index is 1.96. The van der Waals surface area contributed by atoms with E-state index in [0.717, 1.165) is 10.0 Å². The molecule has 0 spiro atoms. The Labute approximate surface area is 148 Å². The highest BCUT2D eigenvalue weighted by molar-refractivity contribution is 9.11. The number of carbonyl (C=O) groups is 1. The van der Waals surface area contributed by atoms with Gasteiger partial charge >= 0.3 is 5.97 Å². The first-order valence-electron chi connectivity index (χ1n) is 6.40. The highest BCUT2D eigenvalue weighted by Gasteiger charge is 2.13. The molecule has 0 aliphatic heterocycles. The standard InChI is InChI=1S/C15H11Br2NO5/c1-9-6-10(16)7-13(17)15(9)23-14(19)8-22-12-4-2-11(3-5-12)18(20)21/h2-7H,8H2,1H3. The first-order valence-corrected chi connectivity index (χ1v) is 7.99. The Kier molecular flexibility index (Phi) is 5.73. The Hall–Kier alpha value is -1.93. The lowest BCUT2D eigenvalue weighted by Crippen LogP contribution is -2.18. The molecule has 23 heavy (non-hydrogen) atoms. The van der Waals surface area contributed by atoms with E-state index in [2.05, 4.69) is 31.9 Å². The molecule has 0 bridgehead atoms. The van der Waals surface area contributed by atoms with Crippen molar-refractivity contribution in [2.75, 3.05) is 6.61 Å². The van der Waals surface area contributed by atoms with Crippen LogP contribution in [0.4, 0.5) is 5.69 Å². The molecule has 2 aromatic rings. The van der Waals surface area contributed by atoms with Crippen LogP contribution >= 0.6 is 31.9 Å². The van der Waals surface area contributed by atoms with Crippen molar-refractivity contribution >= 4 is 43.5 Å². The lowest BCUT2D eigenvalue weighted by molar-refractivity contribution is -0.384. The van der Waals surface area contributed by atoms with Crippen molar-refractivity contribution in [3.63, 3.8) is 0 Å². The second kappa shape index (κ2) is 7.56. The van der Waals surface area contributed by atoms with Crippen LogP contribution in [0.15, 0.2) is 45.3 Å². The number of halogens is 2. The lowest BCUT2D eigenvalue weighted by Gasteiger charge is -2.11. The molecule has 2 aromatic carbocycles. The van der Waals surface area contributed by atoms with E-state index in [1.165, 1.54) is 24.3 Å². The van der Waals surface area contributed by atoms with Crippen molar-refractivity contribution in [2.24, 2.45) is 0 Å². The van der Waals surface area contributed by atoms with Gasteiger partial charge in [0.15, 0.2) is 6.61 Å². The largest absolute Gasteiger partial charge is 0.482 e. The van der Waals surface area contributed by atoms with Gasteiger partial charge in [-0.1, -0.05) is 15.9 Å². The van der Waals surface area contributed by atoms with Gasteiger partial charge < -0.3 is 9.47 Å². The maximum Gasteiger partial charge on any atom is 0.349 e. The quantitative estimate of drug-likeness (QED) is 0.295. The van der Waals surface area contributed by atoms with E-state index in [4.69, 9.17) is 9.47 Å². The first-order chi connectivity index (χ1) is 10.9. The summed E-state index contributed by atoms with van der Waals surface area (Å²) >= 11 is 6.68. The number of aryl methyl sites for hydroxylation is 1. The third-order valence-corrected chi connectivity index (χ3v) is 3.86. The van der Waals surface area contributed by atoms with E-state index >= 15 is 0 Å². The summed E-state index contributed by atoms with van der Waals surface area (Å²) in [5.41, 5.74) is 0.740. The van der Waals surface area contributed by atoms with Crippen molar-refractivity contribution in [1.29, 1.82) is 0 Å². The fourth-order valence-electron chi connectivity index (χ4n) is 1.77. The summed E-state index contributed by atoms with van der Waals surface area (Å²) in [4.78, 5) is 21.9. The van der Waals surface area contributed by atoms with Gasteiger partial charge in [0.2, 0.25) is 0 Å². The van der Waals surface area contributed by atoms with Crippen LogP contribution in [0.3, 0.4) is 0 Å². The van der Waals surface area contributed by atoms with Crippen LogP contribution in [0.1, 0.15) is 5.56 Å². The van der Waals surface area contributed by atoms with Gasteiger partial charge in [-0.3, -0.25) is 10.1 Å². The molecule has 0 fully saturated rings. The number of ether oxygens (including phenoxy) is 2. The highest BCUT2D eigenvalue weighted by atomic mass is 79.9. The van der Waals surface area contributed by atoms with E-state index < -0.39 is 10.9 Å². The zero-order valence-electron chi connectivity index (χ0n) is 11.9. The summed E-state index contributed by atoms with van der Waals surface area (Å²) in [5.74, 6) is 0.194. The molecule has 0 aliphatic rings. The number of esters is 1. The smallest absolute Gasteiger partial charge is 0.349 e. The Morgan fingerprint density at radius 2 is 1.87 bits per heavy atom. The van der Waals surface area contributed by atoms with Crippen LogP contribution in [-0.2, 0) is 4.79 Å². The molecule has 0 N–H and O–H groups in total. The number of hydrogen-bond donors (Lipinski definition) is 0. The van der Waals surface area contributed by atoms with Crippen LogP contribution in [0.2, 0.25) is 0 Å². The van der Waals surface area contributed by atoms with Gasteiger partial charge in [0.25, 0.3) is 5.69 Å². The molecule has 0 saturated heterocycles. The van der Waals surface area contributed by atoms with Gasteiger partial charge in [-0.25, -0.2) is 4.79 Å². The minimum atomic E-state index is -0.575. The Morgan fingerprint density at radius 1 is 1.22 bits per heavy atom. The maximum absolute atomic E-state index is 11.9. The summed E-state index contributed by atoms with van der Waals surface area (Å²) < 4.78 is 12.0. The van der Waals surface area contributed by atoms with Crippen LogP contribution in [-0.4, -0.2) is 17.5 Å². The highest BCUT2D eigenvalue weighted by Crippen LogP contribution is 2.32. The fourth-order valence-corrected chi connectivity index (χ4v) is 3.29. The second-order valence-corrected chi connectivity index (χ2v) is 6.32. The number of hydrogen-bond acceptors (Lipinski definition) is 5. The lowest BCUT2D eigenvalue weighted by atomic mass is 10.2. The van der Waals surface area contributed by atoms with E-state index in [9.17, 15) is 14.9 Å². The molecule has 8 heteroatoms. The summed E-state index contributed by atoms with van der Waals surface area (Å²) in [6.45, 7) is 1.51. The minimum Gasteiger partial charge on any atom is -0.482 e. The van der Waals surface area contributed by atoms with Crippen LogP contribution < -0.4 is 9.47 Å². The number of carbonyl (C=O) groups excluding carboxylic acids is 1. The molecule has 0 aromatic heterocycles. The van der Waals surface area contributed by atoms with Gasteiger partial charge in [-0.05, 0) is 52.7 Å². The van der Waals surface area contributed by atoms with Crippen LogP contribution in [0, 0.1) is 17.0 Å². The topological polar surface area (TPSA) is 78.7 Å². The normalized spacial score (nSPS) is 10.2. The molecule has 0 aliphatic carbocycles. The first kappa shape index (κ1) is 17.4. The molecular formula is C15H11Br2NO5. The van der Waals surface area contributed by atoms with E-state index in [0.29, 0.717) is 16.0 Å². The van der Waals surface area contributed by atoms with Crippen LogP contribution in [0.25, 0.3) is 0 Å². The van der Waals surface area contributed by atoms with Gasteiger partial charge in [0.05, 0.1) is 9.40 Å². The van der Waals surface area contributed by atoms with Crippen molar-refractivity contribution < 1.29 is 19.2 Å². The van der Waals surface area contributed by atoms with Gasteiger partial charge in [-0.2, -0.15) is 0 Å². The molecule has 0 heterocycles. The van der Waals surface area contributed by atoms with Gasteiger partial charge in [-0.15, -0.1) is 0 Å². The molecule has 2 rings (SSSR count). The zero-order chi connectivity index (χ0) is 17.0. The van der Waals surface area contributed by atoms with Gasteiger partial charge in [0, 0.05) is 16.6 Å². The third kappa shape index (κ3) is 4.77. The number of nitro benzene ring substituents is 1. The number of rotatable bonds is 5. The monoisotopic (exact) mass is 443 g/mol. The molecular weight excluding hydrogens is 434 g/mol. The van der Waals surface area contributed by atoms with Crippen LogP contribution in [0.5, 0.6) is 11.5 Å². The number of nitrogens with zero attached hydrogens (tertiary/aromatic N) is 1. The Bertz CT molecular complexity index is 723. The number of non-ortho nitro benzene ring substituents is 1. The second-order valence-electron chi connectivity index (χ2n) is 4.55. The summed E-state index contributed by atoms with van der Waals surface area (Å²) in [7, 11) is 0. The maximum atomic E-state index is 11.9. The molecule has 0 radical (unpaired) electrons. The molecule has 0 atom stereocenters. The van der Waals surface area contributed by atoms with Crippen molar-refractivity contribution in [3.05, 3.63) is 61.0 Å². The minimum absolute atomic E-state index is 0.0469. The van der Waals surface area contributed by atoms with E-state index in [-0.39, 0.29) is 12.3 Å². The average molecular weight is 445 g/mol. The van der Waals surface area contributed by atoms with Crippen molar-refractivity contribution in [2.45, 2.75) is 6.92 Å². The molecule has 0 unspecified atom stereocenters. The summed E-state index contributed by atoms with van der Waals surface area (Å²) in [6, 6.07) is 9.04.